The second-order valence-corrected chi connectivity index (χ2v) is 10.5. The number of hydrogen-bond donors (Lipinski definition) is 0. The lowest BCUT2D eigenvalue weighted by Gasteiger charge is -2.35. The minimum atomic E-state index is -3.60. The molecule has 2 aromatic carbocycles. The van der Waals surface area contributed by atoms with Crippen molar-refractivity contribution >= 4 is 21.9 Å². The topological polar surface area (TPSA) is 87.2 Å². The van der Waals surface area contributed by atoms with E-state index in [2.05, 4.69) is 0 Å². The number of methoxy groups -OCH3 is 1. The van der Waals surface area contributed by atoms with E-state index in [4.69, 9.17) is 4.74 Å². The molecule has 1 fully saturated rings. The van der Waals surface area contributed by atoms with E-state index in [-0.39, 0.29) is 42.8 Å². The van der Waals surface area contributed by atoms with E-state index in [1.165, 1.54) is 11.4 Å². The Kier molecular flexibility index (Phi) is 8.82. The van der Waals surface area contributed by atoms with Crippen molar-refractivity contribution in [3.05, 3.63) is 65.2 Å². The van der Waals surface area contributed by atoms with Crippen LogP contribution in [0.15, 0.2) is 53.4 Å². The largest absolute Gasteiger partial charge is 0.469 e. The molecule has 0 N–H and O–H groups in total. The second kappa shape index (κ2) is 11.6. The smallest absolute Gasteiger partial charge is 0.306 e. The molecule has 1 aliphatic heterocycles. The maximum atomic E-state index is 13.1. The molecular formula is C25H33N3O5S. The summed E-state index contributed by atoms with van der Waals surface area (Å²) in [6.07, 6.45) is 0.193. The van der Waals surface area contributed by atoms with Gasteiger partial charge in [-0.05, 0) is 42.7 Å². The molecule has 0 radical (unpaired) electrons. The number of carbonyl (C=O) groups is 2. The molecule has 2 aromatic rings. The summed E-state index contributed by atoms with van der Waals surface area (Å²) in [6.45, 7) is 6.09. The van der Waals surface area contributed by atoms with Crippen molar-refractivity contribution in [3.63, 3.8) is 0 Å². The van der Waals surface area contributed by atoms with Gasteiger partial charge in [0.05, 0.1) is 25.0 Å². The summed E-state index contributed by atoms with van der Waals surface area (Å²) in [5, 5.41) is 0. The number of amides is 1. The van der Waals surface area contributed by atoms with Gasteiger partial charge in [0.2, 0.25) is 15.9 Å². The molecule has 0 bridgehead atoms. The lowest BCUT2D eigenvalue weighted by molar-refractivity contribution is -0.142. The second-order valence-electron chi connectivity index (χ2n) is 8.55. The van der Waals surface area contributed by atoms with Gasteiger partial charge in [0, 0.05) is 39.3 Å². The third-order valence-corrected chi connectivity index (χ3v) is 8.07. The van der Waals surface area contributed by atoms with Crippen LogP contribution in [0.25, 0.3) is 0 Å². The lowest BCUT2D eigenvalue weighted by atomic mass is 10.1. The zero-order valence-electron chi connectivity index (χ0n) is 20.1. The van der Waals surface area contributed by atoms with Gasteiger partial charge < -0.3 is 9.64 Å². The molecule has 0 aliphatic carbocycles. The summed E-state index contributed by atoms with van der Waals surface area (Å²) < 4.78 is 32.3. The Bertz CT molecular complexity index is 1100. The van der Waals surface area contributed by atoms with Crippen LogP contribution in [0.1, 0.15) is 23.1 Å². The number of hydrogen-bond acceptors (Lipinski definition) is 6. The minimum Gasteiger partial charge on any atom is -0.469 e. The molecular weight excluding hydrogens is 454 g/mol. The van der Waals surface area contributed by atoms with Crippen LogP contribution < -0.4 is 0 Å². The number of piperazine rings is 1. The molecule has 1 saturated heterocycles. The van der Waals surface area contributed by atoms with Crippen LogP contribution in [0.3, 0.4) is 0 Å². The van der Waals surface area contributed by atoms with Gasteiger partial charge in [-0.1, -0.05) is 36.4 Å². The van der Waals surface area contributed by atoms with Crippen molar-refractivity contribution in [1.29, 1.82) is 0 Å². The minimum absolute atomic E-state index is 0.0796. The molecule has 8 nitrogen and oxygen atoms in total. The van der Waals surface area contributed by atoms with Crippen molar-refractivity contribution < 1.29 is 22.7 Å². The van der Waals surface area contributed by atoms with E-state index in [0.717, 1.165) is 16.7 Å². The van der Waals surface area contributed by atoms with E-state index in [0.29, 0.717) is 26.2 Å². The Hall–Kier alpha value is -2.75. The molecule has 0 unspecified atom stereocenters. The zero-order chi connectivity index (χ0) is 24.7. The molecule has 0 aromatic heterocycles. The molecule has 3 rings (SSSR count). The summed E-state index contributed by atoms with van der Waals surface area (Å²) in [5.41, 5.74) is 3.02. The van der Waals surface area contributed by atoms with Crippen molar-refractivity contribution in [2.24, 2.45) is 0 Å². The zero-order valence-corrected chi connectivity index (χ0v) is 20.9. The molecule has 1 aliphatic rings. The fourth-order valence-electron chi connectivity index (χ4n) is 3.90. The first-order chi connectivity index (χ1) is 16.2. The van der Waals surface area contributed by atoms with Crippen LogP contribution in [0.2, 0.25) is 0 Å². The maximum Gasteiger partial charge on any atom is 0.306 e. The number of ether oxygens (including phenoxy) is 1. The Morgan fingerprint density at radius 3 is 2.26 bits per heavy atom. The van der Waals surface area contributed by atoms with Crippen molar-refractivity contribution in [2.45, 2.75) is 31.7 Å². The Labute approximate surface area is 202 Å². The summed E-state index contributed by atoms with van der Waals surface area (Å²) in [5.74, 6) is -0.403. The quantitative estimate of drug-likeness (QED) is 0.504. The Morgan fingerprint density at radius 2 is 1.65 bits per heavy atom. The first kappa shape index (κ1) is 25.9. The van der Waals surface area contributed by atoms with Crippen LogP contribution in [-0.4, -0.2) is 80.8 Å². The van der Waals surface area contributed by atoms with E-state index >= 15 is 0 Å². The predicted octanol–water partition coefficient (Wildman–Crippen LogP) is 2.20. The predicted molar refractivity (Wildman–Crippen MR) is 130 cm³/mol. The number of benzene rings is 2. The van der Waals surface area contributed by atoms with Crippen molar-refractivity contribution in [2.75, 3.05) is 46.4 Å². The highest BCUT2D eigenvalue weighted by atomic mass is 32.2. The highest BCUT2D eigenvalue weighted by Crippen LogP contribution is 2.20. The molecule has 9 heteroatoms. The highest BCUT2D eigenvalue weighted by Gasteiger charge is 2.30. The third kappa shape index (κ3) is 6.65. The lowest BCUT2D eigenvalue weighted by Crippen LogP contribution is -2.52. The summed E-state index contributed by atoms with van der Waals surface area (Å²) >= 11 is 0. The Morgan fingerprint density at radius 1 is 0.971 bits per heavy atom. The summed E-state index contributed by atoms with van der Waals surface area (Å²) in [4.78, 5) is 28.6. The number of nitrogens with zero attached hydrogens (tertiary/aromatic N) is 3. The fourth-order valence-corrected chi connectivity index (χ4v) is 5.41. The van der Waals surface area contributed by atoms with E-state index < -0.39 is 10.0 Å². The van der Waals surface area contributed by atoms with Gasteiger partial charge >= 0.3 is 5.97 Å². The number of rotatable bonds is 9. The first-order valence-corrected chi connectivity index (χ1v) is 12.8. The van der Waals surface area contributed by atoms with E-state index in [9.17, 15) is 18.0 Å². The first-order valence-electron chi connectivity index (χ1n) is 11.4. The molecule has 0 atom stereocenters. The van der Waals surface area contributed by atoms with Crippen molar-refractivity contribution in [1.82, 2.24) is 14.1 Å². The molecule has 184 valence electrons. The van der Waals surface area contributed by atoms with Gasteiger partial charge in [0.25, 0.3) is 0 Å². The Balaban J connectivity index is 1.60. The summed E-state index contributed by atoms with van der Waals surface area (Å²) in [7, 11) is -2.25. The molecule has 1 amide bonds. The molecule has 1 heterocycles. The summed E-state index contributed by atoms with van der Waals surface area (Å²) in [6, 6.07) is 14.9. The molecule has 0 spiro atoms. The fraction of sp³-hybridized carbons (Fsp3) is 0.440. The molecule has 34 heavy (non-hydrogen) atoms. The van der Waals surface area contributed by atoms with Gasteiger partial charge in [-0.3, -0.25) is 14.5 Å². The van der Waals surface area contributed by atoms with E-state index in [1.807, 2.05) is 55.1 Å². The van der Waals surface area contributed by atoms with Gasteiger partial charge in [-0.25, -0.2) is 8.42 Å². The van der Waals surface area contributed by atoms with Crippen LogP contribution in [0.4, 0.5) is 0 Å². The van der Waals surface area contributed by atoms with Crippen LogP contribution in [0.5, 0.6) is 0 Å². The average molecular weight is 488 g/mol. The standard InChI is InChI=1S/C25H33N3O5S/c1-20-9-10-23(17-21(20)2)34(31,32)28-15-13-27(14-16-28)24(29)19-26(12-11-25(30)33-3)18-22-7-5-4-6-8-22/h4-10,17H,11-16,18-19H2,1-3H3. The van der Waals surface area contributed by atoms with Gasteiger partial charge in [0.1, 0.15) is 0 Å². The number of sulfonamides is 1. The number of esters is 1. The maximum absolute atomic E-state index is 13.1. The SMILES string of the molecule is COC(=O)CCN(CC(=O)N1CCN(S(=O)(=O)c2ccc(C)c(C)c2)CC1)Cc1ccccc1. The van der Waals surface area contributed by atoms with Gasteiger partial charge in [-0.15, -0.1) is 0 Å². The monoisotopic (exact) mass is 487 g/mol. The number of aryl methyl sites for hydroxylation is 2. The van der Waals surface area contributed by atoms with Crippen molar-refractivity contribution in [3.8, 4) is 0 Å². The number of carbonyl (C=O) groups excluding carboxylic acids is 2. The normalized spacial score (nSPS) is 14.9. The van der Waals surface area contributed by atoms with Gasteiger partial charge in [0.15, 0.2) is 0 Å². The van der Waals surface area contributed by atoms with Crippen LogP contribution in [0, 0.1) is 13.8 Å². The van der Waals surface area contributed by atoms with Crippen LogP contribution >= 0.6 is 0 Å². The average Bonchev–Trinajstić information content (AvgIpc) is 2.84. The third-order valence-electron chi connectivity index (χ3n) is 6.18. The molecule has 0 saturated carbocycles. The van der Waals surface area contributed by atoms with Crippen LogP contribution in [-0.2, 0) is 30.9 Å². The highest BCUT2D eigenvalue weighted by molar-refractivity contribution is 7.89. The van der Waals surface area contributed by atoms with Gasteiger partial charge in [-0.2, -0.15) is 4.31 Å². The van der Waals surface area contributed by atoms with E-state index in [1.54, 1.807) is 17.0 Å².